The first-order valence-electron chi connectivity index (χ1n) is 9.81. The van der Waals surface area contributed by atoms with Crippen LogP contribution in [0.4, 0.5) is 0 Å². The number of aryl methyl sites for hydroxylation is 1. The molecule has 8 nitrogen and oxygen atoms in total. The van der Waals surface area contributed by atoms with Crippen LogP contribution < -0.4 is 5.43 Å². The second kappa shape index (κ2) is 7.81. The van der Waals surface area contributed by atoms with Gasteiger partial charge in [-0.25, -0.2) is 0 Å². The first-order valence-corrected chi connectivity index (χ1v) is 9.81. The summed E-state index contributed by atoms with van der Waals surface area (Å²) >= 11 is 0. The maximum atomic E-state index is 13.2. The monoisotopic (exact) mass is 396 g/mol. The standard InChI is InChI=1S/C21H24N4O4/c1-2-24-13-16(21(29)25-8-6-23(7-9-25)10-11-26)20(28)15-12-17(27)18-14(19(15)24)4-3-5-22-18/h3-5,12-13,26-27H,2,6-11H2,1H3. The second-order valence-electron chi connectivity index (χ2n) is 7.21. The molecule has 0 unspecified atom stereocenters. The molecule has 1 aromatic carbocycles. The van der Waals surface area contributed by atoms with Gasteiger partial charge >= 0.3 is 0 Å². The average molecular weight is 396 g/mol. The van der Waals surface area contributed by atoms with Gasteiger partial charge in [-0.2, -0.15) is 0 Å². The van der Waals surface area contributed by atoms with Gasteiger partial charge < -0.3 is 19.7 Å². The molecule has 1 saturated heterocycles. The lowest BCUT2D eigenvalue weighted by Crippen LogP contribution is -2.50. The van der Waals surface area contributed by atoms with Crippen molar-refractivity contribution >= 4 is 27.7 Å². The highest BCUT2D eigenvalue weighted by molar-refractivity contribution is 6.08. The third-order valence-corrected chi connectivity index (χ3v) is 5.55. The Bertz CT molecular complexity index is 1130. The van der Waals surface area contributed by atoms with Crippen LogP contribution in [0.3, 0.4) is 0 Å². The van der Waals surface area contributed by atoms with Crippen LogP contribution in [-0.2, 0) is 6.54 Å². The number of aromatic nitrogens is 2. The van der Waals surface area contributed by atoms with Gasteiger partial charge in [-0.15, -0.1) is 0 Å². The number of piperazine rings is 1. The highest BCUT2D eigenvalue weighted by Crippen LogP contribution is 2.30. The zero-order valence-corrected chi connectivity index (χ0v) is 16.3. The Labute approximate surface area is 167 Å². The van der Waals surface area contributed by atoms with Crippen molar-refractivity contribution in [3.05, 3.63) is 46.4 Å². The zero-order chi connectivity index (χ0) is 20.5. The molecule has 2 N–H and O–H groups in total. The molecular formula is C21H24N4O4. The van der Waals surface area contributed by atoms with E-state index >= 15 is 0 Å². The zero-order valence-electron chi connectivity index (χ0n) is 16.3. The fourth-order valence-electron chi connectivity index (χ4n) is 4.01. The van der Waals surface area contributed by atoms with Crippen molar-refractivity contribution < 1.29 is 15.0 Å². The Kier molecular flexibility index (Phi) is 5.21. The number of aliphatic hydroxyl groups excluding tert-OH is 1. The Morgan fingerprint density at radius 1 is 1.21 bits per heavy atom. The SMILES string of the molecule is CCn1cc(C(=O)N2CCN(CCO)CC2)c(=O)c2cc(O)c3ncccc3c21. The fraction of sp³-hybridized carbons (Fsp3) is 0.381. The quantitative estimate of drug-likeness (QED) is 0.639. The van der Waals surface area contributed by atoms with Crippen molar-refractivity contribution in [2.45, 2.75) is 13.5 Å². The number of hydrogen-bond acceptors (Lipinski definition) is 6. The van der Waals surface area contributed by atoms with Crippen molar-refractivity contribution in [1.29, 1.82) is 0 Å². The first-order chi connectivity index (χ1) is 14.0. The smallest absolute Gasteiger partial charge is 0.259 e. The third kappa shape index (κ3) is 3.34. The molecule has 0 saturated carbocycles. The largest absolute Gasteiger partial charge is 0.506 e. The molecule has 29 heavy (non-hydrogen) atoms. The van der Waals surface area contributed by atoms with Gasteiger partial charge in [-0.1, -0.05) is 0 Å². The number of β-amino-alcohol motifs (C(OH)–C–C–N with tert-alkyl or cyclic N) is 1. The van der Waals surface area contributed by atoms with E-state index in [1.165, 1.54) is 6.07 Å². The van der Waals surface area contributed by atoms with E-state index in [1.807, 2.05) is 17.6 Å². The van der Waals surface area contributed by atoms with Gasteiger partial charge in [0.25, 0.3) is 5.91 Å². The van der Waals surface area contributed by atoms with E-state index in [2.05, 4.69) is 9.88 Å². The molecule has 1 amide bonds. The predicted octanol–water partition coefficient (Wildman–Crippen LogP) is 1.03. The van der Waals surface area contributed by atoms with Gasteiger partial charge in [0.1, 0.15) is 16.8 Å². The van der Waals surface area contributed by atoms with Gasteiger partial charge in [0.15, 0.2) is 0 Å². The minimum Gasteiger partial charge on any atom is -0.506 e. The summed E-state index contributed by atoms with van der Waals surface area (Å²) in [5, 5.41) is 20.4. The number of phenolic OH excluding ortho intramolecular Hbond substituents is 1. The number of aromatic hydroxyl groups is 1. The third-order valence-electron chi connectivity index (χ3n) is 5.55. The Morgan fingerprint density at radius 3 is 2.66 bits per heavy atom. The molecule has 0 spiro atoms. The number of carbonyl (C=O) groups excluding carboxylic acids is 1. The number of hydrogen-bond donors (Lipinski definition) is 2. The summed E-state index contributed by atoms with van der Waals surface area (Å²) in [6, 6.07) is 4.99. The van der Waals surface area contributed by atoms with Crippen LogP contribution in [0, 0.1) is 0 Å². The molecule has 0 bridgehead atoms. The van der Waals surface area contributed by atoms with Gasteiger partial charge in [0.05, 0.1) is 17.5 Å². The molecule has 0 radical (unpaired) electrons. The lowest BCUT2D eigenvalue weighted by atomic mass is 10.1. The van der Waals surface area contributed by atoms with E-state index in [9.17, 15) is 14.7 Å². The number of amides is 1. The summed E-state index contributed by atoms with van der Waals surface area (Å²) in [7, 11) is 0. The molecule has 1 aliphatic rings. The van der Waals surface area contributed by atoms with Crippen LogP contribution in [0.15, 0.2) is 35.4 Å². The number of pyridine rings is 2. The topological polar surface area (TPSA) is 98.9 Å². The molecule has 0 aliphatic carbocycles. The molecule has 0 atom stereocenters. The maximum Gasteiger partial charge on any atom is 0.259 e. The van der Waals surface area contributed by atoms with Crippen LogP contribution in [0.2, 0.25) is 0 Å². The van der Waals surface area contributed by atoms with Gasteiger partial charge in [-0.05, 0) is 25.1 Å². The second-order valence-corrected chi connectivity index (χ2v) is 7.21. The number of nitrogens with zero attached hydrogens (tertiary/aromatic N) is 4. The molecule has 3 heterocycles. The predicted molar refractivity (Wildman–Crippen MR) is 110 cm³/mol. The summed E-state index contributed by atoms with van der Waals surface area (Å²) in [6.45, 7) is 5.53. The van der Waals surface area contributed by atoms with Crippen molar-refractivity contribution in [3.8, 4) is 5.75 Å². The number of aliphatic hydroxyl groups is 1. The average Bonchev–Trinajstić information content (AvgIpc) is 2.75. The lowest BCUT2D eigenvalue weighted by molar-refractivity contribution is 0.0613. The first kappa shape index (κ1) is 19.4. The van der Waals surface area contributed by atoms with E-state index in [4.69, 9.17) is 5.11 Å². The van der Waals surface area contributed by atoms with Crippen LogP contribution in [0.5, 0.6) is 5.75 Å². The summed E-state index contributed by atoms with van der Waals surface area (Å²) in [5.74, 6) is -0.372. The van der Waals surface area contributed by atoms with Gasteiger partial charge in [0, 0.05) is 57.0 Å². The normalized spacial score (nSPS) is 15.3. The van der Waals surface area contributed by atoms with E-state index in [-0.39, 0.29) is 29.3 Å². The molecule has 8 heteroatoms. The lowest BCUT2D eigenvalue weighted by Gasteiger charge is -2.34. The number of rotatable bonds is 4. The molecule has 1 fully saturated rings. The summed E-state index contributed by atoms with van der Waals surface area (Å²) in [6.07, 6.45) is 3.22. The molecular weight excluding hydrogens is 372 g/mol. The molecule has 4 rings (SSSR count). The number of phenols is 1. The molecule has 3 aromatic rings. The summed E-state index contributed by atoms with van der Waals surface area (Å²) in [5.41, 5.74) is 0.828. The number of fused-ring (bicyclic) bond motifs is 3. The van der Waals surface area contributed by atoms with Gasteiger partial charge in [0.2, 0.25) is 5.43 Å². The van der Waals surface area contributed by atoms with E-state index in [0.717, 1.165) is 0 Å². The van der Waals surface area contributed by atoms with Crippen LogP contribution >= 0.6 is 0 Å². The summed E-state index contributed by atoms with van der Waals surface area (Å²) < 4.78 is 1.87. The van der Waals surface area contributed by atoms with Crippen molar-refractivity contribution in [3.63, 3.8) is 0 Å². The Morgan fingerprint density at radius 2 is 1.97 bits per heavy atom. The Hall–Kier alpha value is -2.97. The van der Waals surface area contributed by atoms with E-state index in [1.54, 1.807) is 23.4 Å². The van der Waals surface area contributed by atoms with E-state index < -0.39 is 0 Å². The minimum atomic E-state index is -0.381. The highest BCUT2D eigenvalue weighted by atomic mass is 16.3. The van der Waals surface area contributed by atoms with Gasteiger partial charge in [-0.3, -0.25) is 19.5 Å². The molecule has 1 aliphatic heterocycles. The minimum absolute atomic E-state index is 0.0740. The fourth-order valence-corrected chi connectivity index (χ4v) is 4.01. The number of benzene rings is 1. The van der Waals surface area contributed by atoms with Crippen LogP contribution in [0.25, 0.3) is 21.8 Å². The highest BCUT2D eigenvalue weighted by Gasteiger charge is 2.25. The summed E-state index contributed by atoms with van der Waals surface area (Å²) in [4.78, 5) is 34.3. The van der Waals surface area contributed by atoms with Crippen molar-refractivity contribution in [2.75, 3.05) is 39.3 Å². The molecule has 152 valence electrons. The maximum absolute atomic E-state index is 13.2. The van der Waals surface area contributed by atoms with E-state index in [0.29, 0.717) is 61.1 Å². The van der Waals surface area contributed by atoms with Crippen molar-refractivity contribution in [2.24, 2.45) is 0 Å². The number of carbonyl (C=O) groups is 1. The van der Waals surface area contributed by atoms with Crippen molar-refractivity contribution in [1.82, 2.24) is 19.4 Å². The van der Waals surface area contributed by atoms with Crippen LogP contribution in [0.1, 0.15) is 17.3 Å². The van der Waals surface area contributed by atoms with Crippen LogP contribution in [-0.4, -0.2) is 74.8 Å². The Balaban J connectivity index is 1.80. The molecule has 2 aromatic heterocycles.